The number of rotatable bonds is 4. The van der Waals surface area contributed by atoms with Gasteiger partial charge in [0.1, 0.15) is 0 Å². The van der Waals surface area contributed by atoms with Crippen LogP contribution in [0, 0.1) is 0 Å². The van der Waals surface area contributed by atoms with E-state index in [0.29, 0.717) is 6.54 Å². The lowest BCUT2D eigenvalue weighted by atomic mass is 9.99. The molecule has 1 rings (SSSR count). The van der Waals surface area contributed by atoms with E-state index in [-0.39, 0.29) is 23.6 Å². The van der Waals surface area contributed by atoms with Crippen molar-refractivity contribution in [2.24, 2.45) is 0 Å². The van der Waals surface area contributed by atoms with Crippen LogP contribution in [0.1, 0.15) is 46.5 Å². The summed E-state index contributed by atoms with van der Waals surface area (Å²) in [6.07, 6.45) is 3.97. The second-order valence-electron chi connectivity index (χ2n) is 5.80. The van der Waals surface area contributed by atoms with Gasteiger partial charge in [0, 0.05) is 5.54 Å². The van der Waals surface area contributed by atoms with Gasteiger partial charge in [-0.3, -0.25) is 4.79 Å². The first kappa shape index (κ1) is 13.5. The minimum atomic E-state index is -0.351. The van der Waals surface area contributed by atoms with E-state index in [1.165, 1.54) is 0 Å². The zero-order chi connectivity index (χ0) is 12.2. The van der Waals surface area contributed by atoms with Crippen molar-refractivity contribution in [1.82, 2.24) is 10.6 Å². The molecule has 4 heteroatoms. The van der Waals surface area contributed by atoms with Gasteiger partial charge in [0.15, 0.2) is 0 Å². The average Bonchev–Trinajstić information content (AvgIpc) is 2.63. The second kappa shape index (κ2) is 5.15. The van der Waals surface area contributed by atoms with E-state index in [2.05, 4.69) is 10.6 Å². The molecule has 0 radical (unpaired) electrons. The normalized spacial score (nSPS) is 19.8. The van der Waals surface area contributed by atoms with E-state index < -0.39 is 0 Å². The van der Waals surface area contributed by atoms with Crippen LogP contribution < -0.4 is 10.6 Å². The van der Waals surface area contributed by atoms with Crippen LogP contribution in [0.5, 0.6) is 0 Å². The molecule has 1 aliphatic carbocycles. The predicted molar refractivity (Wildman–Crippen MR) is 64.2 cm³/mol. The minimum Gasteiger partial charge on any atom is -0.394 e. The van der Waals surface area contributed by atoms with Crippen molar-refractivity contribution in [3.05, 3.63) is 0 Å². The first-order valence-corrected chi connectivity index (χ1v) is 6.04. The number of nitrogens with one attached hydrogen (secondary N) is 2. The van der Waals surface area contributed by atoms with Gasteiger partial charge in [0.2, 0.25) is 5.91 Å². The maximum atomic E-state index is 11.7. The molecule has 0 atom stereocenters. The van der Waals surface area contributed by atoms with Crippen molar-refractivity contribution in [3.63, 3.8) is 0 Å². The van der Waals surface area contributed by atoms with Gasteiger partial charge < -0.3 is 15.7 Å². The second-order valence-corrected chi connectivity index (χ2v) is 5.80. The summed E-state index contributed by atoms with van der Waals surface area (Å²) in [5, 5.41) is 15.5. The highest BCUT2D eigenvalue weighted by Crippen LogP contribution is 2.28. The van der Waals surface area contributed by atoms with Gasteiger partial charge in [-0.25, -0.2) is 0 Å². The van der Waals surface area contributed by atoms with E-state index in [4.69, 9.17) is 0 Å². The maximum Gasteiger partial charge on any atom is 0.234 e. The molecule has 0 aromatic carbocycles. The highest BCUT2D eigenvalue weighted by molar-refractivity contribution is 5.79. The first-order valence-electron chi connectivity index (χ1n) is 6.04. The molecule has 16 heavy (non-hydrogen) atoms. The fourth-order valence-corrected chi connectivity index (χ4v) is 2.06. The molecule has 0 aromatic heterocycles. The van der Waals surface area contributed by atoms with Crippen molar-refractivity contribution < 1.29 is 9.90 Å². The summed E-state index contributed by atoms with van der Waals surface area (Å²) in [7, 11) is 0. The molecule has 1 aliphatic rings. The number of aliphatic hydroxyl groups is 1. The monoisotopic (exact) mass is 228 g/mol. The Kier molecular flexibility index (Phi) is 4.33. The fourth-order valence-electron chi connectivity index (χ4n) is 2.06. The number of carbonyl (C=O) groups is 1. The van der Waals surface area contributed by atoms with Crippen molar-refractivity contribution >= 4 is 5.91 Å². The Morgan fingerprint density at radius 3 is 2.31 bits per heavy atom. The number of carbonyl (C=O) groups excluding carboxylic acids is 1. The number of aliphatic hydroxyl groups excluding tert-OH is 1. The molecule has 0 aliphatic heterocycles. The van der Waals surface area contributed by atoms with E-state index in [0.717, 1.165) is 25.7 Å². The van der Waals surface area contributed by atoms with Crippen LogP contribution in [0.4, 0.5) is 0 Å². The SMILES string of the molecule is CC(C)(C)NCC(=O)NC1(CO)CCCC1. The third kappa shape index (κ3) is 4.10. The van der Waals surface area contributed by atoms with Gasteiger partial charge in [-0.2, -0.15) is 0 Å². The van der Waals surface area contributed by atoms with Crippen molar-refractivity contribution in [3.8, 4) is 0 Å². The summed E-state index contributed by atoms with van der Waals surface area (Å²) in [5.41, 5.74) is -0.407. The Hall–Kier alpha value is -0.610. The molecule has 94 valence electrons. The summed E-state index contributed by atoms with van der Waals surface area (Å²) in [6, 6.07) is 0. The summed E-state index contributed by atoms with van der Waals surface area (Å²) < 4.78 is 0. The maximum absolute atomic E-state index is 11.7. The van der Waals surface area contributed by atoms with Crippen molar-refractivity contribution in [2.45, 2.75) is 57.5 Å². The summed E-state index contributed by atoms with van der Waals surface area (Å²) in [5.74, 6) is -0.0223. The standard InChI is InChI=1S/C12H24N2O2/c1-11(2,3)13-8-10(16)14-12(9-15)6-4-5-7-12/h13,15H,4-9H2,1-3H3,(H,14,16). The van der Waals surface area contributed by atoms with Crippen LogP contribution in [-0.2, 0) is 4.79 Å². The van der Waals surface area contributed by atoms with E-state index >= 15 is 0 Å². The Balaban J connectivity index is 2.38. The van der Waals surface area contributed by atoms with Crippen LogP contribution in [0.15, 0.2) is 0 Å². The van der Waals surface area contributed by atoms with Crippen LogP contribution in [-0.4, -0.2) is 35.2 Å². The third-order valence-electron chi connectivity index (χ3n) is 3.05. The summed E-state index contributed by atoms with van der Waals surface area (Å²) in [6.45, 7) is 6.44. The molecule has 0 heterocycles. The lowest BCUT2D eigenvalue weighted by Crippen LogP contribution is -2.53. The van der Waals surface area contributed by atoms with Gasteiger partial charge in [0.25, 0.3) is 0 Å². The smallest absolute Gasteiger partial charge is 0.234 e. The topological polar surface area (TPSA) is 61.4 Å². The minimum absolute atomic E-state index is 0.0223. The highest BCUT2D eigenvalue weighted by Gasteiger charge is 2.34. The van der Waals surface area contributed by atoms with E-state index in [1.807, 2.05) is 20.8 Å². The van der Waals surface area contributed by atoms with Crippen molar-refractivity contribution in [1.29, 1.82) is 0 Å². The van der Waals surface area contributed by atoms with Crippen LogP contribution in [0.2, 0.25) is 0 Å². The van der Waals surface area contributed by atoms with Gasteiger partial charge in [-0.05, 0) is 33.6 Å². The summed E-state index contributed by atoms with van der Waals surface area (Å²) in [4.78, 5) is 11.7. The molecule has 1 saturated carbocycles. The number of hydrogen-bond acceptors (Lipinski definition) is 3. The highest BCUT2D eigenvalue weighted by atomic mass is 16.3. The van der Waals surface area contributed by atoms with E-state index in [1.54, 1.807) is 0 Å². The van der Waals surface area contributed by atoms with Gasteiger partial charge in [-0.15, -0.1) is 0 Å². The zero-order valence-corrected chi connectivity index (χ0v) is 10.6. The molecule has 0 bridgehead atoms. The van der Waals surface area contributed by atoms with Crippen molar-refractivity contribution in [2.75, 3.05) is 13.2 Å². The Morgan fingerprint density at radius 2 is 1.88 bits per heavy atom. The number of hydrogen-bond donors (Lipinski definition) is 3. The lowest BCUT2D eigenvalue weighted by Gasteiger charge is -2.29. The molecule has 0 aromatic rings. The number of amides is 1. The molecule has 0 unspecified atom stereocenters. The quantitative estimate of drug-likeness (QED) is 0.667. The van der Waals surface area contributed by atoms with Gasteiger partial charge >= 0.3 is 0 Å². The first-order chi connectivity index (χ1) is 7.37. The van der Waals surface area contributed by atoms with E-state index in [9.17, 15) is 9.90 Å². The molecule has 0 saturated heterocycles. The largest absolute Gasteiger partial charge is 0.394 e. The van der Waals surface area contributed by atoms with Gasteiger partial charge in [0.05, 0.1) is 18.7 Å². The molecule has 1 fully saturated rings. The Morgan fingerprint density at radius 1 is 1.31 bits per heavy atom. The van der Waals surface area contributed by atoms with Crippen LogP contribution in [0.25, 0.3) is 0 Å². The molecule has 1 amide bonds. The Bertz CT molecular complexity index is 240. The fraction of sp³-hybridized carbons (Fsp3) is 0.917. The molecular formula is C12H24N2O2. The molecule has 3 N–H and O–H groups in total. The average molecular weight is 228 g/mol. The molecule has 0 spiro atoms. The predicted octanol–water partition coefficient (Wildman–Crippen LogP) is 0.796. The Labute approximate surface area is 97.8 Å². The zero-order valence-electron chi connectivity index (χ0n) is 10.6. The van der Waals surface area contributed by atoms with Gasteiger partial charge in [-0.1, -0.05) is 12.8 Å². The third-order valence-corrected chi connectivity index (χ3v) is 3.05. The lowest BCUT2D eigenvalue weighted by molar-refractivity contribution is -0.123. The van der Waals surface area contributed by atoms with Crippen LogP contribution >= 0.6 is 0 Å². The molecular weight excluding hydrogens is 204 g/mol. The summed E-state index contributed by atoms with van der Waals surface area (Å²) >= 11 is 0. The van der Waals surface area contributed by atoms with Crippen LogP contribution in [0.3, 0.4) is 0 Å². The molecule has 4 nitrogen and oxygen atoms in total.